The highest BCUT2D eigenvalue weighted by Gasteiger charge is 2.22. The summed E-state index contributed by atoms with van der Waals surface area (Å²) in [5.74, 6) is -1.39. The van der Waals surface area contributed by atoms with E-state index in [-0.39, 0.29) is 5.56 Å². The predicted octanol–water partition coefficient (Wildman–Crippen LogP) is 1.75. The molecular formula is C16H23N3O4. The molecule has 23 heavy (non-hydrogen) atoms. The lowest BCUT2D eigenvalue weighted by molar-refractivity contribution is -0.127. The predicted molar refractivity (Wildman–Crippen MR) is 86.9 cm³/mol. The van der Waals surface area contributed by atoms with E-state index in [0.29, 0.717) is 5.69 Å². The monoisotopic (exact) mass is 321 g/mol. The van der Waals surface area contributed by atoms with Crippen LogP contribution in [0.25, 0.3) is 0 Å². The van der Waals surface area contributed by atoms with Crippen LogP contribution in [-0.4, -0.2) is 29.6 Å². The van der Waals surface area contributed by atoms with E-state index < -0.39 is 29.6 Å². The van der Waals surface area contributed by atoms with Crippen molar-refractivity contribution in [3.63, 3.8) is 0 Å². The van der Waals surface area contributed by atoms with Gasteiger partial charge < -0.3 is 15.8 Å². The summed E-state index contributed by atoms with van der Waals surface area (Å²) in [7, 11) is 0. The lowest BCUT2D eigenvalue weighted by atomic mass is 10.1. The molecule has 0 heterocycles. The fourth-order valence-electron chi connectivity index (χ4n) is 1.63. The molecule has 0 radical (unpaired) electrons. The molecule has 1 aromatic carbocycles. The van der Waals surface area contributed by atoms with Crippen LogP contribution < -0.4 is 16.4 Å². The van der Waals surface area contributed by atoms with Crippen molar-refractivity contribution in [3.8, 4) is 0 Å². The van der Waals surface area contributed by atoms with Gasteiger partial charge in [-0.2, -0.15) is 0 Å². The van der Waals surface area contributed by atoms with Crippen LogP contribution >= 0.6 is 0 Å². The van der Waals surface area contributed by atoms with E-state index in [0.717, 1.165) is 5.56 Å². The molecule has 0 aliphatic heterocycles. The average molecular weight is 321 g/mol. The summed E-state index contributed by atoms with van der Waals surface area (Å²) in [6.07, 6.45) is -1.12. The van der Waals surface area contributed by atoms with Gasteiger partial charge in [-0.05, 0) is 52.3 Å². The summed E-state index contributed by atoms with van der Waals surface area (Å²) >= 11 is 0. The molecule has 0 saturated carbocycles. The number of carbonyl (C=O) groups excluding carboxylic acids is 3. The van der Waals surface area contributed by atoms with Gasteiger partial charge in [0, 0.05) is 11.2 Å². The number of anilines is 1. The zero-order valence-corrected chi connectivity index (χ0v) is 14.0. The number of hydrogen-bond donors (Lipinski definition) is 3. The third-order valence-electron chi connectivity index (χ3n) is 2.89. The van der Waals surface area contributed by atoms with Crippen molar-refractivity contribution in [2.24, 2.45) is 0 Å². The van der Waals surface area contributed by atoms with Crippen molar-refractivity contribution >= 4 is 23.6 Å². The second kappa shape index (κ2) is 7.13. The third kappa shape index (κ3) is 5.98. The maximum Gasteiger partial charge on any atom is 0.338 e. The smallest absolute Gasteiger partial charge is 0.338 e. The molecule has 0 fully saturated rings. The first-order chi connectivity index (χ1) is 10.5. The van der Waals surface area contributed by atoms with Gasteiger partial charge in [0.05, 0.1) is 5.56 Å². The summed E-state index contributed by atoms with van der Waals surface area (Å²) in [4.78, 5) is 35.4. The van der Waals surface area contributed by atoms with Crippen LogP contribution in [0.2, 0.25) is 0 Å². The highest BCUT2D eigenvalue weighted by molar-refractivity contribution is 5.98. The lowest BCUT2D eigenvalue weighted by Gasteiger charge is -2.21. The van der Waals surface area contributed by atoms with Gasteiger partial charge >= 0.3 is 12.0 Å². The summed E-state index contributed by atoms with van der Waals surface area (Å²) < 4.78 is 5.04. The number of hydrogen-bond acceptors (Lipinski definition) is 5. The molecule has 0 saturated heterocycles. The van der Waals surface area contributed by atoms with Crippen LogP contribution in [0, 0.1) is 6.92 Å². The topological polar surface area (TPSA) is 111 Å². The first-order valence-corrected chi connectivity index (χ1v) is 7.19. The number of nitrogen functional groups attached to an aromatic ring is 1. The molecule has 4 N–H and O–H groups in total. The van der Waals surface area contributed by atoms with Crippen molar-refractivity contribution in [2.45, 2.75) is 46.3 Å². The van der Waals surface area contributed by atoms with Gasteiger partial charge in [-0.1, -0.05) is 6.07 Å². The molecule has 0 aromatic heterocycles. The Kier molecular flexibility index (Phi) is 5.73. The second-order valence-electron chi connectivity index (χ2n) is 6.31. The molecule has 1 aromatic rings. The Labute approximate surface area is 135 Å². The first-order valence-electron chi connectivity index (χ1n) is 7.19. The Hall–Kier alpha value is -2.57. The first kappa shape index (κ1) is 18.5. The van der Waals surface area contributed by atoms with Gasteiger partial charge in [0.25, 0.3) is 5.91 Å². The molecule has 1 atom stereocenters. The summed E-state index contributed by atoms with van der Waals surface area (Å²) in [5.41, 5.74) is 6.79. The quantitative estimate of drug-likeness (QED) is 0.580. The van der Waals surface area contributed by atoms with Crippen LogP contribution in [-0.2, 0) is 9.53 Å². The molecule has 0 bridgehead atoms. The van der Waals surface area contributed by atoms with Crippen LogP contribution in [0.15, 0.2) is 18.2 Å². The molecule has 7 nitrogen and oxygen atoms in total. The van der Waals surface area contributed by atoms with Crippen LogP contribution in [0.4, 0.5) is 10.5 Å². The fraction of sp³-hybridized carbons (Fsp3) is 0.438. The zero-order valence-electron chi connectivity index (χ0n) is 14.0. The van der Waals surface area contributed by atoms with Crippen molar-refractivity contribution in [1.29, 1.82) is 0 Å². The molecule has 0 aliphatic rings. The number of amides is 3. The Bertz CT molecular complexity index is 620. The minimum atomic E-state index is -1.12. The number of nitrogens with two attached hydrogens (primary N) is 1. The van der Waals surface area contributed by atoms with Crippen molar-refractivity contribution in [1.82, 2.24) is 10.6 Å². The van der Waals surface area contributed by atoms with Crippen LogP contribution in [0.3, 0.4) is 0 Å². The number of benzene rings is 1. The summed E-state index contributed by atoms with van der Waals surface area (Å²) in [6, 6.07) is 4.08. The second-order valence-corrected chi connectivity index (χ2v) is 6.31. The Morgan fingerprint density at radius 2 is 1.83 bits per heavy atom. The minimum absolute atomic E-state index is 0.242. The zero-order chi connectivity index (χ0) is 17.8. The highest BCUT2D eigenvalue weighted by Crippen LogP contribution is 2.14. The fourth-order valence-corrected chi connectivity index (χ4v) is 1.63. The number of ether oxygens (including phenoxy) is 1. The number of esters is 1. The van der Waals surface area contributed by atoms with Gasteiger partial charge in [-0.3, -0.25) is 10.1 Å². The standard InChI is InChI=1S/C16H23N3O4/c1-9-6-7-11(8-12(9)17)14(21)23-10(2)13(20)18-15(22)19-16(3,4)5/h6-8,10H,17H2,1-5H3,(H2,18,19,20,22). The van der Waals surface area contributed by atoms with Gasteiger partial charge in [0.1, 0.15) is 0 Å². The maximum absolute atomic E-state index is 12.0. The van der Waals surface area contributed by atoms with E-state index in [4.69, 9.17) is 10.5 Å². The number of nitrogens with one attached hydrogen (secondary N) is 2. The van der Waals surface area contributed by atoms with Gasteiger partial charge in [-0.15, -0.1) is 0 Å². The Balaban J connectivity index is 2.62. The number of carbonyl (C=O) groups is 3. The highest BCUT2D eigenvalue weighted by atomic mass is 16.5. The van der Waals surface area contributed by atoms with Crippen LogP contribution in [0.5, 0.6) is 0 Å². The van der Waals surface area contributed by atoms with E-state index in [2.05, 4.69) is 10.6 Å². The molecule has 3 amide bonds. The molecule has 0 aliphatic carbocycles. The lowest BCUT2D eigenvalue weighted by Crippen LogP contribution is -2.50. The largest absolute Gasteiger partial charge is 0.449 e. The van der Waals surface area contributed by atoms with E-state index in [1.165, 1.54) is 13.0 Å². The van der Waals surface area contributed by atoms with Gasteiger partial charge in [0.15, 0.2) is 6.10 Å². The van der Waals surface area contributed by atoms with Gasteiger partial charge in [0.2, 0.25) is 0 Å². The SMILES string of the molecule is Cc1ccc(C(=O)OC(C)C(=O)NC(=O)NC(C)(C)C)cc1N. The Morgan fingerprint density at radius 1 is 1.22 bits per heavy atom. The molecular weight excluding hydrogens is 298 g/mol. The number of aryl methyl sites for hydroxylation is 1. The maximum atomic E-state index is 12.0. The van der Waals surface area contributed by atoms with Crippen molar-refractivity contribution in [2.75, 3.05) is 5.73 Å². The molecule has 126 valence electrons. The summed E-state index contributed by atoms with van der Waals surface area (Å²) in [6.45, 7) is 8.54. The number of imide groups is 1. The number of urea groups is 1. The molecule has 1 unspecified atom stereocenters. The molecule has 1 rings (SSSR count). The third-order valence-corrected chi connectivity index (χ3v) is 2.89. The number of rotatable bonds is 3. The van der Waals surface area contributed by atoms with E-state index in [9.17, 15) is 14.4 Å². The van der Waals surface area contributed by atoms with Crippen molar-refractivity contribution in [3.05, 3.63) is 29.3 Å². The molecule has 7 heteroatoms. The van der Waals surface area contributed by atoms with Crippen LogP contribution in [0.1, 0.15) is 43.6 Å². The van der Waals surface area contributed by atoms with Gasteiger partial charge in [-0.25, -0.2) is 9.59 Å². The minimum Gasteiger partial charge on any atom is -0.449 e. The average Bonchev–Trinajstić information content (AvgIpc) is 2.39. The van der Waals surface area contributed by atoms with E-state index in [1.807, 2.05) is 6.92 Å². The van der Waals surface area contributed by atoms with E-state index in [1.54, 1.807) is 32.9 Å². The summed E-state index contributed by atoms with van der Waals surface area (Å²) in [5, 5.41) is 4.70. The van der Waals surface area contributed by atoms with E-state index >= 15 is 0 Å². The normalized spacial score (nSPS) is 12.2. The van der Waals surface area contributed by atoms with Crippen molar-refractivity contribution < 1.29 is 19.1 Å². The Morgan fingerprint density at radius 3 is 2.35 bits per heavy atom. The molecule has 0 spiro atoms.